The highest BCUT2D eigenvalue weighted by atomic mass is 32.2. The fourth-order valence-electron chi connectivity index (χ4n) is 3.67. The van der Waals surface area contributed by atoms with E-state index in [1.165, 1.54) is 37.4 Å². The maximum absolute atomic E-state index is 12.7. The average Bonchev–Trinajstić information content (AvgIpc) is 3.48. The third-order valence-corrected chi connectivity index (χ3v) is 6.41. The lowest BCUT2D eigenvalue weighted by atomic mass is 10.1. The molecule has 2 aliphatic carbocycles. The molecule has 144 valence electrons. The number of carbonyl (C=O) groups excluding carboxylic acids is 1. The van der Waals surface area contributed by atoms with Crippen LogP contribution in [0.1, 0.15) is 64.3 Å². The van der Waals surface area contributed by atoms with Gasteiger partial charge in [0.25, 0.3) is 0 Å². The highest BCUT2D eigenvalue weighted by Gasteiger charge is 2.31. The molecule has 6 nitrogen and oxygen atoms in total. The van der Waals surface area contributed by atoms with Crippen molar-refractivity contribution in [1.82, 2.24) is 25.1 Å². The van der Waals surface area contributed by atoms with Gasteiger partial charge in [-0.25, -0.2) is 0 Å². The molecule has 0 radical (unpaired) electrons. The Labute approximate surface area is 164 Å². The van der Waals surface area contributed by atoms with E-state index in [2.05, 4.69) is 25.1 Å². The minimum atomic E-state index is -0.184. The van der Waals surface area contributed by atoms with Gasteiger partial charge in [0.2, 0.25) is 5.91 Å². The summed E-state index contributed by atoms with van der Waals surface area (Å²) in [5.74, 6) is 0.963. The van der Waals surface area contributed by atoms with Gasteiger partial charge in [-0.15, -0.1) is 10.2 Å². The molecule has 2 aromatic rings. The van der Waals surface area contributed by atoms with Gasteiger partial charge in [0, 0.05) is 30.0 Å². The zero-order valence-corrected chi connectivity index (χ0v) is 16.6. The third-order valence-electron chi connectivity index (χ3n) is 5.35. The Hall–Kier alpha value is -1.89. The van der Waals surface area contributed by atoms with Crippen LogP contribution in [0.15, 0.2) is 29.7 Å². The summed E-state index contributed by atoms with van der Waals surface area (Å²) in [5.41, 5.74) is 0.972. The maximum Gasteiger partial charge on any atom is 0.233 e. The molecule has 2 fully saturated rings. The van der Waals surface area contributed by atoms with Crippen molar-refractivity contribution < 1.29 is 4.79 Å². The summed E-state index contributed by atoms with van der Waals surface area (Å²) in [6.45, 7) is 1.96. The number of hydrogen-bond donors (Lipinski definition) is 1. The molecule has 0 unspecified atom stereocenters. The predicted octanol–water partition coefficient (Wildman–Crippen LogP) is 3.99. The number of carbonyl (C=O) groups is 1. The molecule has 2 heterocycles. The molecule has 7 heteroatoms. The molecule has 0 aliphatic heterocycles. The van der Waals surface area contributed by atoms with E-state index in [-0.39, 0.29) is 11.2 Å². The number of thioether (sulfide) groups is 1. The lowest BCUT2D eigenvalue weighted by Crippen LogP contribution is -2.39. The lowest BCUT2D eigenvalue weighted by molar-refractivity contribution is -0.121. The minimum Gasteiger partial charge on any atom is -0.352 e. The maximum atomic E-state index is 12.7. The normalized spacial score (nSPS) is 19.4. The fraction of sp³-hybridized carbons (Fsp3) is 0.600. The Morgan fingerprint density at radius 3 is 2.63 bits per heavy atom. The third kappa shape index (κ3) is 4.51. The standard InChI is InChI=1S/C20H27N5OS/c1-14(19(26)22-16-8-4-2-3-5-9-16)27-20-24-23-18(25(20)17-10-11-17)15-7-6-12-21-13-15/h6-7,12-14,16-17H,2-5,8-11H2,1H3,(H,22,26)/t14-/m0/s1. The monoisotopic (exact) mass is 385 g/mol. The average molecular weight is 386 g/mol. The van der Waals surface area contributed by atoms with Crippen LogP contribution in [0.4, 0.5) is 0 Å². The van der Waals surface area contributed by atoms with Crippen LogP contribution in [0.2, 0.25) is 0 Å². The van der Waals surface area contributed by atoms with Gasteiger partial charge >= 0.3 is 0 Å². The summed E-state index contributed by atoms with van der Waals surface area (Å²) in [5, 5.41) is 12.7. The quantitative estimate of drug-likeness (QED) is 0.601. The van der Waals surface area contributed by atoms with Gasteiger partial charge < -0.3 is 5.32 Å². The molecule has 2 aliphatic rings. The van der Waals surface area contributed by atoms with Crippen molar-refractivity contribution in [2.75, 3.05) is 0 Å². The van der Waals surface area contributed by atoms with Gasteiger partial charge in [0.15, 0.2) is 11.0 Å². The van der Waals surface area contributed by atoms with E-state index in [4.69, 9.17) is 0 Å². The Kier molecular flexibility index (Phi) is 5.76. The molecule has 1 amide bonds. The molecule has 1 atom stereocenters. The molecule has 27 heavy (non-hydrogen) atoms. The zero-order valence-electron chi connectivity index (χ0n) is 15.8. The molecule has 0 aromatic carbocycles. The summed E-state index contributed by atoms with van der Waals surface area (Å²) < 4.78 is 2.19. The van der Waals surface area contributed by atoms with E-state index in [1.807, 2.05) is 25.3 Å². The molecule has 1 N–H and O–H groups in total. The molecule has 2 aromatic heterocycles. The number of nitrogens with one attached hydrogen (secondary N) is 1. The van der Waals surface area contributed by atoms with Gasteiger partial charge in [-0.05, 0) is 44.7 Å². The van der Waals surface area contributed by atoms with Gasteiger partial charge in [0.1, 0.15) is 0 Å². The highest BCUT2D eigenvalue weighted by Crippen LogP contribution is 2.41. The van der Waals surface area contributed by atoms with Crippen molar-refractivity contribution >= 4 is 17.7 Å². The Morgan fingerprint density at radius 2 is 1.96 bits per heavy atom. The van der Waals surface area contributed by atoms with Crippen molar-refractivity contribution in [3.8, 4) is 11.4 Å². The van der Waals surface area contributed by atoms with Crippen LogP contribution in [0.3, 0.4) is 0 Å². The number of aromatic nitrogens is 4. The summed E-state index contributed by atoms with van der Waals surface area (Å²) in [7, 11) is 0. The second-order valence-corrected chi connectivity index (χ2v) is 8.91. The van der Waals surface area contributed by atoms with Gasteiger partial charge in [-0.3, -0.25) is 14.3 Å². The Morgan fingerprint density at radius 1 is 1.19 bits per heavy atom. The predicted molar refractivity (Wildman–Crippen MR) is 106 cm³/mol. The fourth-order valence-corrected chi connectivity index (χ4v) is 4.59. The van der Waals surface area contributed by atoms with Crippen LogP contribution in [-0.2, 0) is 4.79 Å². The number of hydrogen-bond acceptors (Lipinski definition) is 5. The summed E-state index contributed by atoms with van der Waals surface area (Å²) >= 11 is 1.51. The molecule has 0 spiro atoms. The van der Waals surface area contributed by atoms with Gasteiger partial charge in [-0.1, -0.05) is 37.4 Å². The SMILES string of the molecule is C[C@H](Sc1nnc(-c2cccnc2)n1C1CC1)C(=O)NC1CCCCCC1. The number of rotatable bonds is 6. The lowest BCUT2D eigenvalue weighted by Gasteiger charge is -2.19. The van der Waals surface area contributed by atoms with Crippen molar-refractivity contribution in [2.24, 2.45) is 0 Å². The van der Waals surface area contributed by atoms with Crippen molar-refractivity contribution in [3.63, 3.8) is 0 Å². The van der Waals surface area contributed by atoms with Gasteiger partial charge in [0.05, 0.1) is 5.25 Å². The van der Waals surface area contributed by atoms with Crippen LogP contribution in [-0.4, -0.2) is 36.9 Å². The largest absolute Gasteiger partial charge is 0.352 e. The van der Waals surface area contributed by atoms with Crippen molar-refractivity contribution in [3.05, 3.63) is 24.5 Å². The van der Waals surface area contributed by atoms with Crippen molar-refractivity contribution in [2.45, 2.75) is 80.8 Å². The van der Waals surface area contributed by atoms with E-state index in [1.54, 1.807) is 6.20 Å². The first-order valence-corrected chi connectivity index (χ1v) is 10.9. The van der Waals surface area contributed by atoms with E-state index >= 15 is 0 Å². The smallest absolute Gasteiger partial charge is 0.233 e. The molecule has 4 rings (SSSR count). The van der Waals surface area contributed by atoms with E-state index < -0.39 is 0 Å². The first-order chi connectivity index (χ1) is 13.2. The molecular weight excluding hydrogens is 358 g/mol. The molecule has 0 saturated heterocycles. The summed E-state index contributed by atoms with van der Waals surface area (Å²) in [6.07, 6.45) is 13.1. The molecule has 2 saturated carbocycles. The first-order valence-electron chi connectivity index (χ1n) is 10.0. The van der Waals surface area contributed by atoms with Crippen LogP contribution >= 0.6 is 11.8 Å². The topological polar surface area (TPSA) is 72.7 Å². The molecular formula is C20H27N5OS. The van der Waals surface area contributed by atoms with Crippen LogP contribution in [0, 0.1) is 0 Å². The number of amides is 1. The van der Waals surface area contributed by atoms with Crippen LogP contribution in [0.25, 0.3) is 11.4 Å². The highest BCUT2D eigenvalue weighted by molar-refractivity contribution is 8.00. The zero-order chi connectivity index (χ0) is 18.6. The van der Waals surface area contributed by atoms with Crippen LogP contribution < -0.4 is 5.32 Å². The Balaban J connectivity index is 1.45. The number of pyridine rings is 1. The van der Waals surface area contributed by atoms with E-state index in [0.717, 1.165) is 42.2 Å². The number of nitrogens with zero attached hydrogens (tertiary/aromatic N) is 4. The van der Waals surface area contributed by atoms with E-state index in [9.17, 15) is 4.79 Å². The van der Waals surface area contributed by atoms with Crippen LogP contribution in [0.5, 0.6) is 0 Å². The van der Waals surface area contributed by atoms with Crippen molar-refractivity contribution in [1.29, 1.82) is 0 Å². The second kappa shape index (κ2) is 8.42. The first kappa shape index (κ1) is 18.5. The van der Waals surface area contributed by atoms with Gasteiger partial charge in [-0.2, -0.15) is 0 Å². The minimum absolute atomic E-state index is 0.111. The second-order valence-electron chi connectivity index (χ2n) is 7.61. The summed E-state index contributed by atoms with van der Waals surface area (Å²) in [4.78, 5) is 16.9. The Bertz CT molecular complexity index is 766. The molecule has 0 bridgehead atoms. The van der Waals surface area contributed by atoms with E-state index in [0.29, 0.717) is 12.1 Å². The summed E-state index contributed by atoms with van der Waals surface area (Å²) in [6, 6.07) is 4.69.